The third-order valence-electron chi connectivity index (χ3n) is 4.61. The Balaban J connectivity index is 1.67. The first-order valence-corrected chi connectivity index (χ1v) is 10.6. The molecule has 3 rings (SSSR count). The number of rotatable bonds is 9. The summed E-state index contributed by atoms with van der Waals surface area (Å²) in [4.78, 5) is 0. The van der Waals surface area contributed by atoms with Gasteiger partial charge >= 0.3 is 0 Å². The predicted molar refractivity (Wildman–Crippen MR) is 113 cm³/mol. The van der Waals surface area contributed by atoms with Crippen LogP contribution in [0, 0.1) is 11.8 Å². The largest absolute Gasteiger partial charge is 0.348 e. The third-order valence-corrected chi connectivity index (χ3v) is 6.55. The molecule has 2 aromatic rings. The van der Waals surface area contributed by atoms with Crippen molar-refractivity contribution in [2.45, 2.75) is 19.9 Å². The molecule has 1 aliphatic carbocycles. The molecule has 0 fully saturated rings. The van der Waals surface area contributed by atoms with Gasteiger partial charge in [0.1, 0.15) is 0 Å². The van der Waals surface area contributed by atoms with Crippen molar-refractivity contribution < 1.29 is 4.52 Å². The van der Waals surface area contributed by atoms with Crippen LogP contribution in [0.3, 0.4) is 0 Å². The zero-order chi connectivity index (χ0) is 18.2. The molecule has 2 nitrogen and oxygen atoms in total. The van der Waals surface area contributed by atoms with Gasteiger partial charge in [0.2, 0.25) is 0 Å². The van der Waals surface area contributed by atoms with E-state index in [1.165, 1.54) is 10.6 Å². The predicted octanol–water partition coefficient (Wildman–Crippen LogP) is 4.41. The summed E-state index contributed by atoms with van der Waals surface area (Å²) in [5.74, 6) is 1.02. The monoisotopic (exact) mass is 365 g/mol. The van der Waals surface area contributed by atoms with Gasteiger partial charge in [-0.25, -0.2) is 0 Å². The van der Waals surface area contributed by atoms with E-state index < -0.39 is 8.15 Å². The van der Waals surface area contributed by atoms with Crippen molar-refractivity contribution in [2.24, 2.45) is 11.8 Å². The quantitative estimate of drug-likeness (QED) is 0.665. The second kappa shape index (κ2) is 9.83. The Morgan fingerprint density at radius 3 is 1.92 bits per heavy atom. The van der Waals surface area contributed by atoms with Gasteiger partial charge in [-0.1, -0.05) is 98.8 Å². The van der Waals surface area contributed by atoms with Crippen LogP contribution in [0.25, 0.3) is 0 Å². The highest BCUT2D eigenvalue weighted by Crippen LogP contribution is 2.35. The SMILES string of the molecule is CC(C)[C@@H](COP(c1ccccc1)c1ccccc1)NCC1C=CC=C1. The summed E-state index contributed by atoms with van der Waals surface area (Å²) < 4.78 is 6.52. The van der Waals surface area contributed by atoms with Gasteiger partial charge in [0.25, 0.3) is 0 Å². The first-order chi connectivity index (χ1) is 12.7. The van der Waals surface area contributed by atoms with E-state index in [0.29, 0.717) is 24.5 Å². The maximum Gasteiger partial charge on any atom is 0.0918 e. The third kappa shape index (κ3) is 5.38. The van der Waals surface area contributed by atoms with Crippen LogP contribution < -0.4 is 15.9 Å². The fourth-order valence-corrected chi connectivity index (χ4v) is 4.76. The molecule has 0 heterocycles. The minimum atomic E-state index is -0.797. The van der Waals surface area contributed by atoms with Crippen LogP contribution in [0.1, 0.15) is 13.8 Å². The van der Waals surface area contributed by atoms with Gasteiger partial charge in [0.05, 0.1) is 14.8 Å². The van der Waals surface area contributed by atoms with Crippen LogP contribution in [0.15, 0.2) is 85.0 Å². The zero-order valence-corrected chi connectivity index (χ0v) is 16.5. The van der Waals surface area contributed by atoms with E-state index in [1.807, 2.05) is 0 Å². The fourth-order valence-electron chi connectivity index (χ4n) is 2.97. The molecule has 0 spiro atoms. The Bertz CT molecular complexity index is 660. The van der Waals surface area contributed by atoms with Gasteiger partial charge in [-0.05, 0) is 5.92 Å². The van der Waals surface area contributed by atoms with Crippen molar-refractivity contribution in [1.82, 2.24) is 5.32 Å². The smallest absolute Gasteiger partial charge is 0.0918 e. The molecular formula is C23H28NOP. The molecule has 0 radical (unpaired) electrons. The number of hydrogen-bond acceptors (Lipinski definition) is 2. The molecule has 0 saturated heterocycles. The minimum absolute atomic E-state index is 0.342. The van der Waals surface area contributed by atoms with E-state index in [0.717, 1.165) is 6.54 Å². The summed E-state index contributed by atoms with van der Waals surface area (Å²) in [6.45, 7) is 6.20. The van der Waals surface area contributed by atoms with Gasteiger partial charge in [-0.15, -0.1) is 0 Å². The summed E-state index contributed by atoms with van der Waals surface area (Å²) in [7, 11) is -0.797. The van der Waals surface area contributed by atoms with Crippen LogP contribution in [0.5, 0.6) is 0 Å². The highest BCUT2D eigenvalue weighted by molar-refractivity contribution is 7.68. The maximum absolute atomic E-state index is 6.52. The molecule has 0 aliphatic heterocycles. The lowest BCUT2D eigenvalue weighted by Crippen LogP contribution is -2.40. The lowest BCUT2D eigenvalue weighted by molar-refractivity contribution is 0.250. The second-order valence-electron chi connectivity index (χ2n) is 6.95. The standard InChI is InChI=1S/C23H28NOP/c1-19(2)23(24-17-20-11-9-10-12-20)18-25-26(21-13-5-3-6-14-21)22-15-7-4-8-16-22/h3-16,19-20,23-24H,17-18H2,1-2H3/t23-/m1/s1. The molecule has 136 valence electrons. The molecule has 0 saturated carbocycles. The average molecular weight is 365 g/mol. The molecule has 1 atom stereocenters. The molecule has 2 aromatic carbocycles. The average Bonchev–Trinajstić information content (AvgIpc) is 3.19. The maximum atomic E-state index is 6.52. The lowest BCUT2D eigenvalue weighted by atomic mass is 10.0. The zero-order valence-electron chi connectivity index (χ0n) is 15.6. The molecule has 0 bridgehead atoms. The molecule has 0 amide bonds. The summed E-state index contributed by atoms with van der Waals surface area (Å²) in [6, 6.07) is 21.5. The molecule has 1 N–H and O–H groups in total. The van der Waals surface area contributed by atoms with E-state index >= 15 is 0 Å². The van der Waals surface area contributed by atoms with E-state index in [1.54, 1.807) is 0 Å². The van der Waals surface area contributed by atoms with Crippen LogP contribution in [0.2, 0.25) is 0 Å². The van der Waals surface area contributed by atoms with E-state index in [-0.39, 0.29) is 0 Å². The fraction of sp³-hybridized carbons (Fsp3) is 0.304. The molecule has 26 heavy (non-hydrogen) atoms. The van der Waals surface area contributed by atoms with E-state index in [4.69, 9.17) is 4.52 Å². The van der Waals surface area contributed by atoms with Crippen molar-refractivity contribution in [2.75, 3.05) is 13.2 Å². The van der Waals surface area contributed by atoms with Gasteiger partial charge in [0, 0.05) is 29.1 Å². The highest BCUT2D eigenvalue weighted by Gasteiger charge is 2.20. The van der Waals surface area contributed by atoms with Crippen molar-refractivity contribution in [1.29, 1.82) is 0 Å². The normalized spacial score (nSPS) is 15.2. The minimum Gasteiger partial charge on any atom is -0.348 e. The van der Waals surface area contributed by atoms with Crippen LogP contribution in [-0.4, -0.2) is 19.2 Å². The molecular weight excluding hydrogens is 337 g/mol. The van der Waals surface area contributed by atoms with Crippen LogP contribution in [0.4, 0.5) is 0 Å². The summed E-state index contributed by atoms with van der Waals surface area (Å²) in [6.07, 6.45) is 8.73. The number of hydrogen-bond donors (Lipinski definition) is 1. The Kier molecular flexibility index (Phi) is 7.20. The van der Waals surface area contributed by atoms with E-state index in [2.05, 4.69) is 104 Å². The summed E-state index contributed by atoms with van der Waals surface area (Å²) >= 11 is 0. The number of allylic oxidation sites excluding steroid dienone is 2. The van der Waals surface area contributed by atoms with Gasteiger partial charge in [-0.2, -0.15) is 0 Å². The summed E-state index contributed by atoms with van der Waals surface area (Å²) in [5.41, 5.74) is 0. The number of benzene rings is 2. The lowest BCUT2D eigenvalue weighted by Gasteiger charge is -2.26. The molecule has 0 aromatic heterocycles. The molecule has 1 aliphatic rings. The van der Waals surface area contributed by atoms with Gasteiger partial charge in [0.15, 0.2) is 0 Å². The van der Waals surface area contributed by atoms with Crippen molar-refractivity contribution in [3.8, 4) is 0 Å². The highest BCUT2D eigenvalue weighted by atomic mass is 31.1. The first kappa shape index (κ1) is 19.0. The first-order valence-electron chi connectivity index (χ1n) is 9.35. The Labute approximate surface area is 158 Å². The van der Waals surface area contributed by atoms with Gasteiger partial charge in [-0.3, -0.25) is 0 Å². The van der Waals surface area contributed by atoms with Gasteiger partial charge < -0.3 is 9.84 Å². The Hall–Kier alpha value is -1.73. The van der Waals surface area contributed by atoms with Crippen LogP contribution in [-0.2, 0) is 4.52 Å². The van der Waals surface area contributed by atoms with Crippen molar-refractivity contribution in [3.63, 3.8) is 0 Å². The Morgan fingerprint density at radius 2 is 1.42 bits per heavy atom. The van der Waals surface area contributed by atoms with Crippen molar-refractivity contribution in [3.05, 3.63) is 85.0 Å². The van der Waals surface area contributed by atoms with Crippen LogP contribution >= 0.6 is 8.15 Å². The topological polar surface area (TPSA) is 21.3 Å². The Morgan fingerprint density at radius 1 is 0.885 bits per heavy atom. The number of nitrogens with one attached hydrogen (secondary N) is 1. The summed E-state index contributed by atoms with van der Waals surface area (Å²) in [5, 5.41) is 6.23. The second-order valence-corrected chi connectivity index (χ2v) is 8.83. The van der Waals surface area contributed by atoms with E-state index in [9.17, 15) is 0 Å². The molecule has 3 heteroatoms. The molecule has 0 unspecified atom stereocenters. The van der Waals surface area contributed by atoms with Crippen molar-refractivity contribution >= 4 is 18.8 Å².